The van der Waals surface area contributed by atoms with Crippen LogP contribution in [-0.2, 0) is 38.7 Å². The van der Waals surface area contributed by atoms with E-state index in [1.54, 1.807) is 0 Å². The lowest BCUT2D eigenvalue weighted by Gasteiger charge is -2.40. The molecule has 0 saturated carbocycles. The standard InChI is InChI=1S/C60H112O12S/c1-3-5-7-9-11-13-15-17-19-21-23-25-27-29-30-32-34-36-38-40-42-44-46-48-55(61)69-50-53(51-70-60-59(65)58(64)57(63)54(72-60)52-73(66,67)68)71-56(62)49-47-45-43-41-39-37-35-33-31-28-26-24-22-20-18-16-14-12-10-8-6-4-2/h32,34,40,42,53-54,57-60,63-65H,3-31,33,35-39,41,43-52H2,1-2H3,(H,66,67,68)/b34-32+,42-40+/t53-,54-,57-,58?,59?,60+/m1/s1. The van der Waals surface area contributed by atoms with Gasteiger partial charge in [0.05, 0.1) is 6.61 Å². The van der Waals surface area contributed by atoms with Crippen LogP contribution in [0.25, 0.3) is 0 Å². The SMILES string of the molecule is CCCCCCCCCCCCCCCC/C=C/CC/C=C/CCCC(=O)OC[C@H](CO[C@H]1O[C@H](CS(=O)(=O)O)[C@@H](O)C(O)C1O)OC(=O)CCCCCCCCCCCCCCCCCCCCCCCC. The number of carbonyl (C=O) groups excluding carboxylic acids is 2. The zero-order valence-electron chi connectivity index (χ0n) is 46.8. The predicted molar refractivity (Wildman–Crippen MR) is 298 cm³/mol. The Balaban J connectivity index is 2.30. The van der Waals surface area contributed by atoms with Crippen molar-refractivity contribution < 1.29 is 56.8 Å². The van der Waals surface area contributed by atoms with Gasteiger partial charge in [-0.1, -0.05) is 256 Å². The first-order valence-corrected chi connectivity index (χ1v) is 32.0. The molecule has 1 saturated heterocycles. The maximum atomic E-state index is 12.9. The number of aliphatic hydroxyl groups is 3. The van der Waals surface area contributed by atoms with Crippen molar-refractivity contribution in [3.8, 4) is 0 Å². The van der Waals surface area contributed by atoms with Gasteiger partial charge in [0.2, 0.25) is 0 Å². The summed E-state index contributed by atoms with van der Waals surface area (Å²) in [4.78, 5) is 25.6. The number of hydrogen-bond acceptors (Lipinski definition) is 11. The normalized spacial score (nSPS) is 18.8. The number of ether oxygens (including phenoxy) is 4. The van der Waals surface area contributed by atoms with Crippen molar-refractivity contribution in [1.29, 1.82) is 0 Å². The van der Waals surface area contributed by atoms with Gasteiger partial charge in [-0.3, -0.25) is 14.1 Å². The van der Waals surface area contributed by atoms with Crippen molar-refractivity contribution in [2.45, 2.75) is 327 Å². The van der Waals surface area contributed by atoms with Gasteiger partial charge in [-0.2, -0.15) is 8.42 Å². The van der Waals surface area contributed by atoms with E-state index in [4.69, 9.17) is 18.9 Å². The number of esters is 2. The second-order valence-corrected chi connectivity index (χ2v) is 22.9. The van der Waals surface area contributed by atoms with Crippen LogP contribution in [0.2, 0.25) is 0 Å². The molecule has 1 aliphatic heterocycles. The van der Waals surface area contributed by atoms with E-state index in [0.717, 1.165) is 38.5 Å². The lowest BCUT2D eigenvalue weighted by molar-refractivity contribution is -0.297. The molecule has 1 aliphatic rings. The first kappa shape index (κ1) is 69.1. The second kappa shape index (κ2) is 49.7. The molecular weight excluding hydrogens is 945 g/mol. The summed E-state index contributed by atoms with van der Waals surface area (Å²) in [5.74, 6) is -2.02. The van der Waals surface area contributed by atoms with Crippen LogP contribution in [0.4, 0.5) is 0 Å². The minimum atomic E-state index is -4.61. The third-order valence-electron chi connectivity index (χ3n) is 14.3. The van der Waals surface area contributed by atoms with Crippen LogP contribution in [0, 0.1) is 0 Å². The van der Waals surface area contributed by atoms with E-state index in [1.807, 2.05) is 0 Å². The third-order valence-corrected chi connectivity index (χ3v) is 15.0. The summed E-state index contributed by atoms with van der Waals surface area (Å²) in [6.07, 6.45) is 51.0. The smallest absolute Gasteiger partial charge is 0.306 e. The summed E-state index contributed by atoms with van der Waals surface area (Å²) in [6, 6.07) is 0. The van der Waals surface area contributed by atoms with Gasteiger partial charge >= 0.3 is 11.9 Å². The molecule has 4 N–H and O–H groups in total. The fraction of sp³-hybridized carbons (Fsp3) is 0.900. The van der Waals surface area contributed by atoms with Crippen molar-refractivity contribution in [3.63, 3.8) is 0 Å². The molecule has 0 radical (unpaired) electrons. The van der Waals surface area contributed by atoms with Crippen LogP contribution in [0.5, 0.6) is 0 Å². The molecule has 0 aromatic rings. The van der Waals surface area contributed by atoms with Crippen molar-refractivity contribution in [1.82, 2.24) is 0 Å². The number of carbonyl (C=O) groups is 2. The lowest BCUT2D eigenvalue weighted by atomic mass is 10.00. The summed E-state index contributed by atoms with van der Waals surface area (Å²) in [6.45, 7) is 3.80. The Morgan fingerprint density at radius 1 is 0.452 bits per heavy atom. The van der Waals surface area contributed by atoms with E-state index >= 15 is 0 Å². The molecule has 12 nitrogen and oxygen atoms in total. The van der Waals surface area contributed by atoms with Gasteiger partial charge in [0.1, 0.15) is 36.8 Å². The zero-order chi connectivity index (χ0) is 53.3. The molecule has 0 bridgehead atoms. The Bertz CT molecular complexity index is 1420. The number of unbranched alkanes of at least 4 members (excludes halogenated alkanes) is 37. The minimum absolute atomic E-state index is 0.162. The number of rotatable bonds is 53. The van der Waals surface area contributed by atoms with E-state index in [0.29, 0.717) is 19.3 Å². The van der Waals surface area contributed by atoms with E-state index in [-0.39, 0.29) is 19.4 Å². The lowest BCUT2D eigenvalue weighted by Crippen LogP contribution is -2.60. The molecule has 1 heterocycles. The maximum Gasteiger partial charge on any atom is 0.306 e. The first-order valence-electron chi connectivity index (χ1n) is 30.4. The topological polar surface area (TPSA) is 186 Å². The van der Waals surface area contributed by atoms with Gasteiger partial charge in [0.25, 0.3) is 10.1 Å². The fourth-order valence-corrected chi connectivity index (χ4v) is 10.3. The summed E-state index contributed by atoms with van der Waals surface area (Å²) in [7, 11) is -4.61. The highest BCUT2D eigenvalue weighted by Gasteiger charge is 2.46. The highest BCUT2D eigenvalue weighted by Crippen LogP contribution is 2.24. The van der Waals surface area contributed by atoms with Gasteiger partial charge in [-0.25, -0.2) is 0 Å². The Morgan fingerprint density at radius 3 is 1.22 bits per heavy atom. The molecule has 0 spiro atoms. The monoisotopic (exact) mass is 1060 g/mol. The number of hydrogen-bond donors (Lipinski definition) is 4. The van der Waals surface area contributed by atoms with Crippen LogP contribution in [0.15, 0.2) is 24.3 Å². The molecule has 2 unspecified atom stereocenters. The zero-order valence-corrected chi connectivity index (χ0v) is 47.6. The van der Waals surface area contributed by atoms with Crippen LogP contribution in [-0.4, -0.2) is 96.0 Å². The van der Waals surface area contributed by atoms with Crippen molar-refractivity contribution in [3.05, 3.63) is 24.3 Å². The molecular formula is C60H112O12S. The highest BCUT2D eigenvalue weighted by molar-refractivity contribution is 7.85. The van der Waals surface area contributed by atoms with Crippen molar-refractivity contribution >= 4 is 22.1 Å². The molecule has 0 aliphatic carbocycles. The average Bonchev–Trinajstić information content (AvgIpc) is 3.36. The van der Waals surface area contributed by atoms with Crippen LogP contribution in [0.3, 0.4) is 0 Å². The van der Waals surface area contributed by atoms with Crippen molar-refractivity contribution in [2.75, 3.05) is 19.0 Å². The third kappa shape index (κ3) is 43.9. The van der Waals surface area contributed by atoms with E-state index in [9.17, 15) is 37.9 Å². The fourth-order valence-electron chi connectivity index (χ4n) is 9.58. The Kier molecular flexibility index (Phi) is 47.1. The van der Waals surface area contributed by atoms with Gasteiger partial charge in [-0.05, 0) is 44.9 Å². The quantitative estimate of drug-likeness (QED) is 0.0196. The van der Waals surface area contributed by atoms with Gasteiger partial charge in [0, 0.05) is 12.8 Å². The average molecular weight is 1060 g/mol. The molecule has 13 heteroatoms. The summed E-state index contributed by atoms with van der Waals surface area (Å²) < 4.78 is 54.4. The molecule has 6 atom stereocenters. The Morgan fingerprint density at radius 2 is 0.808 bits per heavy atom. The Labute approximate surface area is 447 Å². The summed E-state index contributed by atoms with van der Waals surface area (Å²) in [5.41, 5.74) is 0. The molecule has 0 aromatic heterocycles. The summed E-state index contributed by atoms with van der Waals surface area (Å²) >= 11 is 0. The predicted octanol–water partition coefficient (Wildman–Crippen LogP) is 15.1. The minimum Gasteiger partial charge on any atom is -0.462 e. The maximum absolute atomic E-state index is 12.9. The molecule has 0 aromatic carbocycles. The molecule has 1 rings (SSSR count). The van der Waals surface area contributed by atoms with E-state index in [1.165, 1.54) is 205 Å². The van der Waals surface area contributed by atoms with Crippen LogP contribution < -0.4 is 0 Å². The van der Waals surface area contributed by atoms with Gasteiger partial charge in [-0.15, -0.1) is 0 Å². The van der Waals surface area contributed by atoms with Gasteiger partial charge in [0.15, 0.2) is 12.4 Å². The van der Waals surface area contributed by atoms with E-state index in [2.05, 4.69) is 38.2 Å². The first-order chi connectivity index (χ1) is 35.5. The molecule has 1 fully saturated rings. The molecule has 0 amide bonds. The summed E-state index contributed by atoms with van der Waals surface area (Å²) in [5, 5.41) is 31.1. The highest BCUT2D eigenvalue weighted by atomic mass is 32.2. The van der Waals surface area contributed by atoms with Crippen LogP contribution >= 0.6 is 0 Å². The Hall–Kier alpha value is -1.87. The number of aliphatic hydroxyl groups excluding tert-OH is 3. The van der Waals surface area contributed by atoms with Crippen molar-refractivity contribution in [2.24, 2.45) is 0 Å². The van der Waals surface area contributed by atoms with E-state index < -0.39 is 71.2 Å². The second-order valence-electron chi connectivity index (χ2n) is 21.4. The largest absolute Gasteiger partial charge is 0.462 e. The number of allylic oxidation sites excluding steroid dienone is 4. The van der Waals surface area contributed by atoms with Gasteiger partial charge < -0.3 is 34.3 Å². The molecule has 73 heavy (non-hydrogen) atoms. The van der Waals surface area contributed by atoms with Crippen LogP contribution in [0.1, 0.15) is 290 Å². The molecule has 430 valence electrons.